The lowest BCUT2D eigenvalue weighted by atomic mass is 10.0. The minimum absolute atomic E-state index is 0.162. The summed E-state index contributed by atoms with van der Waals surface area (Å²) in [6.07, 6.45) is 1.21. The van der Waals surface area contributed by atoms with Crippen molar-refractivity contribution in [1.82, 2.24) is 4.90 Å². The van der Waals surface area contributed by atoms with Crippen LogP contribution in [0, 0.1) is 11.7 Å². The molecule has 1 fully saturated rings. The molecule has 1 saturated heterocycles. The summed E-state index contributed by atoms with van der Waals surface area (Å²) in [5, 5.41) is 0. The molecule has 1 aliphatic heterocycles. The minimum Gasteiger partial charge on any atom is -0.330 e. The molecule has 94 valence electrons. The van der Waals surface area contributed by atoms with Gasteiger partial charge < -0.3 is 10.6 Å². The molecule has 1 aromatic carbocycles. The maximum absolute atomic E-state index is 12.8. The van der Waals surface area contributed by atoms with E-state index in [1.54, 1.807) is 12.1 Å². The molecule has 0 radical (unpaired) electrons. The smallest absolute Gasteiger partial charge is 0.123 e. The van der Waals surface area contributed by atoms with Crippen molar-refractivity contribution in [3.63, 3.8) is 0 Å². The SMILES string of the molecule is CC(CN1CCC(CN)C1)c1ccc(F)cc1. The zero-order valence-corrected chi connectivity index (χ0v) is 10.4. The zero-order valence-electron chi connectivity index (χ0n) is 10.4. The second-order valence-corrected chi connectivity index (χ2v) is 5.10. The van der Waals surface area contributed by atoms with Gasteiger partial charge in [-0.3, -0.25) is 0 Å². The van der Waals surface area contributed by atoms with Crippen LogP contribution in [-0.2, 0) is 0 Å². The van der Waals surface area contributed by atoms with Gasteiger partial charge in [-0.15, -0.1) is 0 Å². The van der Waals surface area contributed by atoms with E-state index < -0.39 is 0 Å². The van der Waals surface area contributed by atoms with Crippen molar-refractivity contribution in [3.05, 3.63) is 35.6 Å². The van der Waals surface area contributed by atoms with Gasteiger partial charge in [0.05, 0.1) is 0 Å². The summed E-state index contributed by atoms with van der Waals surface area (Å²) in [6, 6.07) is 6.85. The van der Waals surface area contributed by atoms with Crippen molar-refractivity contribution in [1.29, 1.82) is 0 Å². The van der Waals surface area contributed by atoms with E-state index in [-0.39, 0.29) is 5.82 Å². The fourth-order valence-electron chi connectivity index (χ4n) is 2.56. The normalized spacial score (nSPS) is 22.9. The Morgan fingerprint density at radius 1 is 1.41 bits per heavy atom. The molecule has 0 saturated carbocycles. The van der Waals surface area contributed by atoms with Crippen LogP contribution >= 0.6 is 0 Å². The summed E-state index contributed by atoms with van der Waals surface area (Å²) in [4.78, 5) is 2.46. The van der Waals surface area contributed by atoms with Gasteiger partial charge in [0.1, 0.15) is 5.82 Å². The average molecular weight is 236 g/mol. The van der Waals surface area contributed by atoms with Crippen LogP contribution in [0.15, 0.2) is 24.3 Å². The lowest BCUT2D eigenvalue weighted by Crippen LogP contribution is -2.27. The molecule has 0 spiro atoms. The van der Waals surface area contributed by atoms with Crippen molar-refractivity contribution in [2.45, 2.75) is 19.3 Å². The van der Waals surface area contributed by atoms with E-state index in [4.69, 9.17) is 5.73 Å². The minimum atomic E-state index is -0.162. The van der Waals surface area contributed by atoms with Crippen LogP contribution in [0.25, 0.3) is 0 Å². The molecule has 0 aliphatic carbocycles. The highest BCUT2D eigenvalue weighted by Crippen LogP contribution is 2.21. The summed E-state index contributed by atoms with van der Waals surface area (Å²) in [6.45, 7) is 6.29. The first kappa shape index (κ1) is 12.5. The molecular weight excluding hydrogens is 215 g/mol. The van der Waals surface area contributed by atoms with Gasteiger partial charge in [0.2, 0.25) is 0 Å². The predicted octanol–water partition coefficient (Wildman–Crippen LogP) is 2.21. The predicted molar refractivity (Wildman–Crippen MR) is 68.4 cm³/mol. The van der Waals surface area contributed by atoms with Crippen LogP contribution < -0.4 is 5.73 Å². The standard InChI is InChI=1S/C14H21FN2/c1-11(13-2-4-14(15)5-3-13)9-17-7-6-12(8-16)10-17/h2-5,11-12H,6-10,16H2,1H3. The first-order valence-corrected chi connectivity index (χ1v) is 6.37. The van der Waals surface area contributed by atoms with Gasteiger partial charge in [-0.2, -0.15) is 0 Å². The Hall–Kier alpha value is -0.930. The van der Waals surface area contributed by atoms with Crippen LogP contribution in [-0.4, -0.2) is 31.1 Å². The molecule has 0 aromatic heterocycles. The van der Waals surface area contributed by atoms with E-state index in [0.717, 1.165) is 26.2 Å². The van der Waals surface area contributed by atoms with E-state index >= 15 is 0 Å². The molecule has 0 bridgehead atoms. The van der Waals surface area contributed by atoms with Crippen LogP contribution in [0.4, 0.5) is 4.39 Å². The molecular formula is C14H21FN2. The van der Waals surface area contributed by atoms with Crippen molar-refractivity contribution in [3.8, 4) is 0 Å². The summed E-state index contributed by atoms with van der Waals surface area (Å²) >= 11 is 0. The third kappa shape index (κ3) is 3.27. The van der Waals surface area contributed by atoms with Crippen molar-refractivity contribution in [2.75, 3.05) is 26.2 Å². The van der Waals surface area contributed by atoms with Gasteiger partial charge >= 0.3 is 0 Å². The molecule has 2 unspecified atom stereocenters. The highest BCUT2D eigenvalue weighted by molar-refractivity contribution is 5.20. The van der Waals surface area contributed by atoms with Gasteiger partial charge in [0.25, 0.3) is 0 Å². The number of nitrogens with zero attached hydrogens (tertiary/aromatic N) is 1. The van der Waals surface area contributed by atoms with E-state index in [1.807, 2.05) is 12.1 Å². The Bertz CT molecular complexity index is 350. The molecule has 1 aromatic rings. The number of benzene rings is 1. The Labute approximate surface area is 103 Å². The molecule has 2 atom stereocenters. The number of likely N-dealkylation sites (tertiary alicyclic amines) is 1. The molecule has 1 heterocycles. The molecule has 3 heteroatoms. The Balaban J connectivity index is 1.89. The first-order chi connectivity index (χ1) is 8.19. The third-order valence-corrected chi connectivity index (χ3v) is 3.67. The average Bonchev–Trinajstić information content (AvgIpc) is 2.77. The number of nitrogens with two attached hydrogens (primary N) is 1. The number of hydrogen-bond acceptors (Lipinski definition) is 2. The highest BCUT2D eigenvalue weighted by Gasteiger charge is 2.22. The molecule has 2 rings (SSSR count). The number of hydrogen-bond donors (Lipinski definition) is 1. The first-order valence-electron chi connectivity index (χ1n) is 6.37. The summed E-state index contributed by atoms with van der Waals surface area (Å²) in [5.41, 5.74) is 6.90. The topological polar surface area (TPSA) is 29.3 Å². The zero-order chi connectivity index (χ0) is 12.3. The van der Waals surface area contributed by atoms with Crippen LogP contribution in [0.3, 0.4) is 0 Å². The lowest BCUT2D eigenvalue weighted by molar-refractivity contribution is 0.309. The van der Waals surface area contributed by atoms with Gasteiger partial charge in [0.15, 0.2) is 0 Å². The number of rotatable bonds is 4. The summed E-state index contributed by atoms with van der Waals surface area (Å²) < 4.78 is 12.8. The van der Waals surface area contributed by atoms with Gasteiger partial charge in [-0.1, -0.05) is 19.1 Å². The highest BCUT2D eigenvalue weighted by atomic mass is 19.1. The summed E-state index contributed by atoms with van der Waals surface area (Å²) in [5.74, 6) is 0.952. The molecule has 2 N–H and O–H groups in total. The second-order valence-electron chi connectivity index (χ2n) is 5.10. The maximum atomic E-state index is 12.8. The Kier molecular flexibility index (Phi) is 4.13. The van der Waals surface area contributed by atoms with E-state index in [1.165, 1.54) is 12.0 Å². The van der Waals surface area contributed by atoms with Gasteiger partial charge in [0, 0.05) is 13.1 Å². The fourth-order valence-corrected chi connectivity index (χ4v) is 2.56. The van der Waals surface area contributed by atoms with Crippen molar-refractivity contribution < 1.29 is 4.39 Å². The Morgan fingerprint density at radius 2 is 2.12 bits per heavy atom. The number of halogens is 1. The molecule has 2 nitrogen and oxygen atoms in total. The largest absolute Gasteiger partial charge is 0.330 e. The van der Waals surface area contributed by atoms with E-state index in [0.29, 0.717) is 11.8 Å². The Morgan fingerprint density at radius 3 is 2.71 bits per heavy atom. The van der Waals surface area contributed by atoms with E-state index in [2.05, 4.69) is 11.8 Å². The molecule has 0 amide bonds. The third-order valence-electron chi connectivity index (χ3n) is 3.67. The van der Waals surface area contributed by atoms with Crippen molar-refractivity contribution >= 4 is 0 Å². The lowest BCUT2D eigenvalue weighted by Gasteiger charge is -2.21. The molecule has 17 heavy (non-hydrogen) atoms. The van der Waals surface area contributed by atoms with Crippen LogP contribution in [0.2, 0.25) is 0 Å². The maximum Gasteiger partial charge on any atom is 0.123 e. The monoisotopic (exact) mass is 236 g/mol. The van der Waals surface area contributed by atoms with E-state index in [9.17, 15) is 4.39 Å². The van der Waals surface area contributed by atoms with Crippen LogP contribution in [0.1, 0.15) is 24.8 Å². The molecule has 1 aliphatic rings. The second kappa shape index (κ2) is 5.61. The fraction of sp³-hybridized carbons (Fsp3) is 0.571. The summed E-state index contributed by atoms with van der Waals surface area (Å²) in [7, 11) is 0. The van der Waals surface area contributed by atoms with Crippen molar-refractivity contribution in [2.24, 2.45) is 11.7 Å². The van der Waals surface area contributed by atoms with Crippen LogP contribution in [0.5, 0.6) is 0 Å². The van der Waals surface area contributed by atoms with Gasteiger partial charge in [-0.25, -0.2) is 4.39 Å². The van der Waals surface area contributed by atoms with Gasteiger partial charge in [-0.05, 0) is 49.0 Å². The quantitative estimate of drug-likeness (QED) is 0.868.